The summed E-state index contributed by atoms with van der Waals surface area (Å²) in [5.41, 5.74) is 6.91. The van der Waals surface area contributed by atoms with Crippen molar-refractivity contribution in [3.05, 3.63) is 0 Å². The van der Waals surface area contributed by atoms with Gasteiger partial charge in [-0.05, 0) is 41.5 Å². The van der Waals surface area contributed by atoms with Gasteiger partial charge in [0.1, 0.15) is 16.5 Å². The van der Waals surface area contributed by atoms with Gasteiger partial charge >= 0.3 is 11.9 Å². The largest absolute Gasteiger partial charge is 0.458 e. The van der Waals surface area contributed by atoms with Crippen molar-refractivity contribution in [2.75, 3.05) is 12.8 Å². The summed E-state index contributed by atoms with van der Waals surface area (Å²) in [4.78, 5) is 25.0. The lowest BCUT2D eigenvalue weighted by molar-refractivity contribution is -0.177. The standard InChI is InChI=1S/C14H28N2O6S/c1-12(2,3)21-10(17)14(16,9(8-15)23(7,19)20)11(18)22-13(4,5)6/h9H,8,15-16H2,1-7H3. The van der Waals surface area contributed by atoms with Crippen LogP contribution in [-0.2, 0) is 28.9 Å². The van der Waals surface area contributed by atoms with Crippen LogP contribution >= 0.6 is 0 Å². The maximum atomic E-state index is 12.5. The third kappa shape index (κ3) is 6.08. The predicted molar refractivity (Wildman–Crippen MR) is 86.3 cm³/mol. The van der Waals surface area contributed by atoms with Crippen molar-refractivity contribution in [2.24, 2.45) is 11.5 Å². The zero-order valence-corrected chi connectivity index (χ0v) is 15.6. The van der Waals surface area contributed by atoms with E-state index < -0.39 is 50.3 Å². The van der Waals surface area contributed by atoms with Gasteiger partial charge in [-0.2, -0.15) is 0 Å². The van der Waals surface area contributed by atoms with Crippen molar-refractivity contribution in [2.45, 2.75) is 63.5 Å². The topological polar surface area (TPSA) is 139 Å². The number of sulfone groups is 1. The Balaban J connectivity index is 6.07. The number of rotatable bonds is 5. The third-order valence-corrected chi connectivity index (χ3v) is 4.31. The van der Waals surface area contributed by atoms with Crippen molar-refractivity contribution in [1.29, 1.82) is 0 Å². The van der Waals surface area contributed by atoms with Gasteiger partial charge in [0.15, 0.2) is 9.84 Å². The predicted octanol–water partition coefficient (Wildman–Crippen LogP) is -0.261. The van der Waals surface area contributed by atoms with Crippen LogP contribution in [0.5, 0.6) is 0 Å². The monoisotopic (exact) mass is 352 g/mol. The summed E-state index contributed by atoms with van der Waals surface area (Å²) >= 11 is 0. The molecular formula is C14H28N2O6S. The molecule has 0 aliphatic carbocycles. The summed E-state index contributed by atoms with van der Waals surface area (Å²) in [5, 5.41) is -1.67. The van der Waals surface area contributed by atoms with Crippen LogP contribution in [-0.4, -0.2) is 55.1 Å². The lowest BCUT2D eigenvalue weighted by Crippen LogP contribution is -2.69. The lowest BCUT2D eigenvalue weighted by atomic mass is 9.95. The van der Waals surface area contributed by atoms with E-state index in [2.05, 4.69) is 0 Å². The second-order valence-electron chi connectivity index (χ2n) is 7.43. The minimum atomic E-state index is -3.93. The van der Waals surface area contributed by atoms with Gasteiger partial charge in [-0.1, -0.05) is 0 Å². The van der Waals surface area contributed by atoms with Gasteiger partial charge in [0.25, 0.3) is 0 Å². The molecule has 0 spiro atoms. The quantitative estimate of drug-likeness (QED) is 0.509. The molecule has 0 saturated carbocycles. The molecule has 0 heterocycles. The first-order valence-electron chi connectivity index (χ1n) is 7.10. The van der Waals surface area contributed by atoms with Crippen LogP contribution < -0.4 is 11.5 Å². The zero-order chi connectivity index (χ0) is 18.9. The number of nitrogens with two attached hydrogens (primary N) is 2. The molecule has 0 radical (unpaired) electrons. The van der Waals surface area contributed by atoms with E-state index in [9.17, 15) is 18.0 Å². The molecule has 0 aromatic carbocycles. The van der Waals surface area contributed by atoms with Crippen LogP contribution in [0.25, 0.3) is 0 Å². The number of esters is 2. The first-order valence-corrected chi connectivity index (χ1v) is 9.05. The van der Waals surface area contributed by atoms with E-state index in [4.69, 9.17) is 20.9 Å². The van der Waals surface area contributed by atoms with E-state index in [1.165, 1.54) is 0 Å². The Kier molecular flexibility index (Phi) is 6.39. The van der Waals surface area contributed by atoms with Gasteiger partial charge < -0.3 is 20.9 Å². The highest BCUT2D eigenvalue weighted by Gasteiger charge is 2.57. The molecule has 0 bridgehead atoms. The Morgan fingerprint density at radius 3 is 1.43 bits per heavy atom. The van der Waals surface area contributed by atoms with Crippen molar-refractivity contribution in [1.82, 2.24) is 0 Å². The van der Waals surface area contributed by atoms with Crippen LogP contribution in [0.1, 0.15) is 41.5 Å². The fourth-order valence-electron chi connectivity index (χ4n) is 1.77. The number of hydrogen-bond acceptors (Lipinski definition) is 8. The number of hydrogen-bond donors (Lipinski definition) is 2. The average Bonchev–Trinajstić information content (AvgIpc) is 2.22. The lowest BCUT2D eigenvalue weighted by Gasteiger charge is -2.35. The van der Waals surface area contributed by atoms with Crippen molar-refractivity contribution in [3.8, 4) is 0 Å². The SMILES string of the molecule is CC(C)(C)OC(=O)C(N)(C(=O)OC(C)(C)C)C(CN)S(C)(=O)=O. The molecule has 1 atom stereocenters. The summed E-state index contributed by atoms with van der Waals surface area (Å²) in [6.07, 6.45) is 0.848. The molecule has 0 rings (SSSR count). The Bertz CT molecular complexity index is 529. The Morgan fingerprint density at radius 2 is 1.26 bits per heavy atom. The minimum absolute atomic E-state index is 0.534. The van der Waals surface area contributed by atoms with Gasteiger partial charge in [-0.15, -0.1) is 0 Å². The van der Waals surface area contributed by atoms with Gasteiger partial charge in [0.05, 0.1) is 0 Å². The molecule has 0 amide bonds. The maximum Gasteiger partial charge on any atom is 0.339 e. The molecule has 1 unspecified atom stereocenters. The highest BCUT2D eigenvalue weighted by Crippen LogP contribution is 2.24. The highest BCUT2D eigenvalue weighted by atomic mass is 32.2. The van der Waals surface area contributed by atoms with E-state index >= 15 is 0 Å². The third-order valence-electron chi connectivity index (χ3n) is 2.71. The summed E-state index contributed by atoms with van der Waals surface area (Å²) < 4.78 is 34.2. The summed E-state index contributed by atoms with van der Waals surface area (Å²) in [5.74, 6) is -2.39. The van der Waals surface area contributed by atoms with Gasteiger partial charge in [0.2, 0.25) is 5.54 Å². The van der Waals surface area contributed by atoms with Crippen molar-refractivity contribution >= 4 is 21.8 Å². The molecular weight excluding hydrogens is 324 g/mol. The van der Waals surface area contributed by atoms with Crippen LogP contribution in [0, 0.1) is 0 Å². The minimum Gasteiger partial charge on any atom is -0.458 e. The molecule has 0 aromatic heterocycles. The average molecular weight is 352 g/mol. The van der Waals surface area contributed by atoms with E-state index in [0.29, 0.717) is 0 Å². The van der Waals surface area contributed by atoms with Crippen molar-refractivity contribution in [3.63, 3.8) is 0 Å². The normalized spacial score (nSPS) is 15.0. The molecule has 8 nitrogen and oxygen atoms in total. The molecule has 0 aliphatic rings. The zero-order valence-electron chi connectivity index (χ0n) is 14.8. The van der Waals surface area contributed by atoms with Gasteiger partial charge in [-0.25, -0.2) is 18.0 Å². The van der Waals surface area contributed by atoms with Crippen LogP contribution in [0.4, 0.5) is 0 Å². The molecule has 0 fully saturated rings. The Labute approximate surface area is 137 Å². The van der Waals surface area contributed by atoms with E-state index in [-0.39, 0.29) is 0 Å². The van der Waals surface area contributed by atoms with E-state index in [1.807, 2.05) is 0 Å². The molecule has 9 heteroatoms. The molecule has 0 aliphatic heterocycles. The first kappa shape index (κ1) is 21.8. The number of carbonyl (C=O) groups excluding carboxylic acids is 2. The van der Waals surface area contributed by atoms with E-state index in [0.717, 1.165) is 6.26 Å². The maximum absolute atomic E-state index is 12.5. The molecule has 23 heavy (non-hydrogen) atoms. The Hall–Kier alpha value is -1.19. The second kappa shape index (κ2) is 6.74. The van der Waals surface area contributed by atoms with Crippen LogP contribution in [0.15, 0.2) is 0 Å². The fourth-order valence-corrected chi connectivity index (χ4v) is 2.99. The summed E-state index contributed by atoms with van der Waals surface area (Å²) in [6, 6.07) is 0. The Morgan fingerprint density at radius 1 is 0.957 bits per heavy atom. The fraction of sp³-hybridized carbons (Fsp3) is 0.857. The molecule has 0 aromatic rings. The number of ether oxygens (including phenoxy) is 2. The number of carbonyl (C=O) groups is 2. The van der Waals surface area contributed by atoms with Gasteiger partial charge in [0, 0.05) is 12.8 Å². The summed E-state index contributed by atoms with van der Waals surface area (Å²) in [7, 11) is -3.93. The van der Waals surface area contributed by atoms with Gasteiger partial charge in [-0.3, -0.25) is 0 Å². The van der Waals surface area contributed by atoms with Crippen LogP contribution in [0.3, 0.4) is 0 Å². The highest BCUT2D eigenvalue weighted by molar-refractivity contribution is 7.91. The van der Waals surface area contributed by atoms with Crippen molar-refractivity contribution < 1.29 is 27.5 Å². The van der Waals surface area contributed by atoms with Crippen LogP contribution in [0.2, 0.25) is 0 Å². The second-order valence-corrected chi connectivity index (χ2v) is 9.65. The first-order chi connectivity index (χ1) is 9.95. The smallest absolute Gasteiger partial charge is 0.339 e. The molecule has 0 saturated heterocycles. The molecule has 4 N–H and O–H groups in total. The summed E-state index contributed by atoms with van der Waals surface area (Å²) in [6.45, 7) is 8.87. The molecule has 136 valence electrons. The van der Waals surface area contributed by atoms with E-state index in [1.54, 1.807) is 41.5 Å².